The Labute approximate surface area is 316 Å². The highest BCUT2D eigenvalue weighted by atomic mass is 32.1. The molecule has 1 fully saturated rings. The van der Waals surface area contributed by atoms with Crippen molar-refractivity contribution < 1.29 is 38.4 Å². The summed E-state index contributed by atoms with van der Waals surface area (Å²) < 4.78 is 25.3. The Morgan fingerprint density at radius 3 is 2.57 bits per heavy atom. The third-order valence-electron chi connectivity index (χ3n) is 9.51. The maximum absolute atomic E-state index is 13.3. The van der Waals surface area contributed by atoms with Crippen LogP contribution in [0.3, 0.4) is 0 Å². The van der Waals surface area contributed by atoms with Crippen LogP contribution in [0.4, 0.5) is 5.69 Å². The van der Waals surface area contributed by atoms with E-state index in [0.717, 1.165) is 44.0 Å². The van der Waals surface area contributed by atoms with Crippen LogP contribution in [0.2, 0.25) is 0 Å². The van der Waals surface area contributed by atoms with E-state index >= 15 is 0 Å². The first-order valence-electron chi connectivity index (χ1n) is 18.0. The fourth-order valence-electron chi connectivity index (χ4n) is 6.81. The van der Waals surface area contributed by atoms with Crippen molar-refractivity contribution in [3.05, 3.63) is 92.9 Å². The average Bonchev–Trinajstić information content (AvgIpc) is 3.76. The number of carbonyl (C=O) groups is 3. The van der Waals surface area contributed by atoms with Gasteiger partial charge in [0.1, 0.15) is 29.8 Å². The van der Waals surface area contributed by atoms with Gasteiger partial charge < -0.3 is 34.7 Å². The molecule has 7 rings (SSSR count). The molecule has 3 atom stereocenters. The van der Waals surface area contributed by atoms with Crippen LogP contribution in [0.1, 0.15) is 79.8 Å². The number of carbonyl (C=O) groups excluding carboxylic acids is 3. The van der Waals surface area contributed by atoms with E-state index in [1.807, 2.05) is 32.0 Å². The van der Waals surface area contributed by atoms with E-state index in [9.17, 15) is 19.5 Å². The molecule has 2 unspecified atom stereocenters. The minimum atomic E-state index is -1.30. The van der Waals surface area contributed by atoms with Crippen molar-refractivity contribution in [1.82, 2.24) is 25.0 Å². The van der Waals surface area contributed by atoms with Crippen molar-refractivity contribution >= 4 is 34.7 Å². The fourth-order valence-corrected chi connectivity index (χ4v) is 8.07. The van der Waals surface area contributed by atoms with Gasteiger partial charge in [0.25, 0.3) is 11.8 Å². The molecule has 2 aromatic heterocycles. The summed E-state index contributed by atoms with van der Waals surface area (Å²) in [5, 5.41) is 25.6. The lowest BCUT2D eigenvalue weighted by Crippen LogP contribution is -2.57. The second-order valence-electron chi connectivity index (χ2n) is 13.1. The smallest absolute Gasteiger partial charge is 0.264 e. The van der Waals surface area contributed by atoms with Gasteiger partial charge in [-0.05, 0) is 49.9 Å². The van der Waals surface area contributed by atoms with Crippen LogP contribution >= 0.6 is 11.3 Å². The third-order valence-corrected chi connectivity index (χ3v) is 10.7. The van der Waals surface area contributed by atoms with E-state index < -0.39 is 24.1 Å². The number of ether oxygens (including phenoxy) is 4. The molecule has 0 aliphatic carbocycles. The van der Waals surface area contributed by atoms with Gasteiger partial charge in [0.15, 0.2) is 5.82 Å². The van der Waals surface area contributed by atoms with Crippen LogP contribution in [-0.4, -0.2) is 101 Å². The predicted molar refractivity (Wildman–Crippen MR) is 198 cm³/mol. The van der Waals surface area contributed by atoms with E-state index in [2.05, 4.69) is 49.4 Å². The molecule has 0 bridgehead atoms. The van der Waals surface area contributed by atoms with E-state index in [0.29, 0.717) is 51.9 Å². The second kappa shape index (κ2) is 17.0. The van der Waals surface area contributed by atoms with Crippen LogP contribution in [0.15, 0.2) is 48.5 Å². The minimum absolute atomic E-state index is 0.126. The molecule has 0 radical (unpaired) electrons. The SMILES string of the molecule is Cc1nnc2n1-c1sc(C#CCOCCOCCOCCNc3cccc4c3C(=O)N(C3CCC(=O)NC3O)C4=O)c(Cc3ccccc3)c1CO[C@H]2C. The molecule has 3 aliphatic rings. The third kappa shape index (κ3) is 7.95. The minimum Gasteiger partial charge on any atom is -0.382 e. The highest BCUT2D eigenvalue weighted by Crippen LogP contribution is 2.39. The summed E-state index contributed by atoms with van der Waals surface area (Å²) in [5.41, 5.74) is 4.48. The highest BCUT2D eigenvalue weighted by Gasteiger charge is 2.45. The number of nitrogens with zero attached hydrogens (tertiary/aromatic N) is 4. The molecule has 5 heterocycles. The molecule has 4 aromatic rings. The van der Waals surface area contributed by atoms with E-state index in [4.69, 9.17) is 18.9 Å². The molecule has 3 N–H and O–H groups in total. The van der Waals surface area contributed by atoms with Gasteiger partial charge in [-0.1, -0.05) is 48.2 Å². The Kier molecular flexibility index (Phi) is 11.8. The number of nitrogens with one attached hydrogen (secondary N) is 2. The molecule has 3 aliphatic heterocycles. The monoisotopic (exact) mass is 754 g/mol. The normalized spacial score (nSPS) is 19.1. The summed E-state index contributed by atoms with van der Waals surface area (Å²) in [5.74, 6) is 6.83. The molecule has 0 saturated carbocycles. The zero-order valence-corrected chi connectivity index (χ0v) is 30.9. The number of aliphatic hydroxyl groups is 1. The number of hydrogen-bond donors (Lipinski definition) is 3. The number of thiophene rings is 1. The number of aromatic nitrogens is 3. The summed E-state index contributed by atoms with van der Waals surface area (Å²) in [4.78, 5) is 40.0. The Morgan fingerprint density at radius 1 is 1.00 bits per heavy atom. The number of hydrogen-bond acceptors (Lipinski definition) is 12. The standard InChI is InChI=1S/C39H42N6O8S/c1-24-35-43-42-25(2)44(35)39-29(23-53-24)28(22-26-8-4-3-5-9-26)32(54-39)12-7-16-50-18-20-52-21-19-51-17-15-40-30-11-6-10-27-34(30)38(49)45(37(27)48)31-13-14-33(46)41-36(31)47/h3-6,8-11,24,31,36,40,47H,13-23H2,1-2H3,(H,41,46)/t24-,31?,36?/m0/s1. The number of piperidine rings is 1. The van der Waals surface area contributed by atoms with Gasteiger partial charge >= 0.3 is 0 Å². The van der Waals surface area contributed by atoms with Crippen molar-refractivity contribution in [1.29, 1.82) is 0 Å². The molecule has 15 heteroatoms. The number of rotatable bonds is 14. The van der Waals surface area contributed by atoms with Gasteiger partial charge in [0.2, 0.25) is 5.91 Å². The maximum Gasteiger partial charge on any atom is 0.264 e. The molecular weight excluding hydrogens is 713 g/mol. The Balaban J connectivity index is 0.834. The molecule has 2 aromatic carbocycles. The number of aliphatic hydroxyl groups excluding tert-OH is 1. The van der Waals surface area contributed by atoms with Gasteiger partial charge in [0.05, 0.1) is 61.7 Å². The van der Waals surface area contributed by atoms with Crippen molar-refractivity contribution in [3.8, 4) is 16.8 Å². The summed E-state index contributed by atoms with van der Waals surface area (Å²) in [6.07, 6.45) is -0.408. The van der Waals surface area contributed by atoms with Crippen molar-refractivity contribution in [2.45, 2.75) is 58.1 Å². The number of imide groups is 1. The molecular formula is C39H42N6O8S. The molecule has 14 nitrogen and oxygen atoms in total. The fraction of sp³-hybridized carbons (Fsp3) is 0.410. The first-order valence-corrected chi connectivity index (χ1v) is 18.8. The Morgan fingerprint density at radius 2 is 1.78 bits per heavy atom. The maximum atomic E-state index is 13.3. The van der Waals surface area contributed by atoms with Crippen LogP contribution in [0, 0.1) is 18.8 Å². The number of fused-ring (bicyclic) bond motifs is 4. The van der Waals surface area contributed by atoms with E-state index in [1.165, 1.54) is 5.56 Å². The van der Waals surface area contributed by atoms with Gasteiger partial charge in [-0.25, -0.2) is 0 Å². The van der Waals surface area contributed by atoms with Crippen molar-refractivity contribution in [2.24, 2.45) is 0 Å². The summed E-state index contributed by atoms with van der Waals surface area (Å²) >= 11 is 1.63. The largest absolute Gasteiger partial charge is 0.382 e. The van der Waals surface area contributed by atoms with Gasteiger partial charge in [-0.2, -0.15) is 0 Å². The number of benzene rings is 2. The number of amides is 3. The molecule has 1 saturated heterocycles. The Hall–Kier alpha value is -4.95. The number of aryl methyl sites for hydroxylation is 1. The Bertz CT molecular complexity index is 2070. The summed E-state index contributed by atoms with van der Waals surface area (Å²) in [7, 11) is 0. The number of anilines is 1. The van der Waals surface area contributed by atoms with Crippen LogP contribution < -0.4 is 10.6 Å². The zero-order chi connectivity index (χ0) is 37.6. The topological polar surface area (TPSA) is 166 Å². The first-order chi connectivity index (χ1) is 26.3. The van der Waals surface area contributed by atoms with Gasteiger partial charge in [0, 0.05) is 24.2 Å². The van der Waals surface area contributed by atoms with Crippen molar-refractivity contribution in [2.75, 3.05) is 51.5 Å². The summed E-state index contributed by atoms with van der Waals surface area (Å²) in [6.45, 7) is 6.96. The zero-order valence-electron chi connectivity index (χ0n) is 30.1. The van der Waals surface area contributed by atoms with Crippen LogP contribution in [-0.2, 0) is 36.8 Å². The average molecular weight is 755 g/mol. The lowest BCUT2D eigenvalue weighted by molar-refractivity contribution is -0.129. The van der Waals surface area contributed by atoms with E-state index in [-0.39, 0.29) is 42.6 Å². The van der Waals surface area contributed by atoms with E-state index in [1.54, 1.807) is 29.5 Å². The molecule has 0 spiro atoms. The van der Waals surface area contributed by atoms with Gasteiger partial charge in [-0.3, -0.25) is 23.9 Å². The van der Waals surface area contributed by atoms with Crippen LogP contribution in [0.25, 0.3) is 5.00 Å². The predicted octanol–water partition coefficient (Wildman–Crippen LogP) is 3.53. The second-order valence-corrected chi connectivity index (χ2v) is 14.1. The molecule has 3 amide bonds. The van der Waals surface area contributed by atoms with Gasteiger partial charge in [-0.15, -0.1) is 21.5 Å². The lowest BCUT2D eigenvalue weighted by Gasteiger charge is -2.33. The molecule has 54 heavy (non-hydrogen) atoms. The molecule has 282 valence electrons. The highest BCUT2D eigenvalue weighted by molar-refractivity contribution is 7.15. The summed E-state index contributed by atoms with van der Waals surface area (Å²) in [6, 6.07) is 14.5. The van der Waals surface area contributed by atoms with Crippen molar-refractivity contribution in [3.63, 3.8) is 0 Å². The van der Waals surface area contributed by atoms with Crippen LogP contribution in [0.5, 0.6) is 0 Å². The lowest BCUT2D eigenvalue weighted by atomic mass is 10.0. The first kappa shape index (κ1) is 37.4. The quantitative estimate of drug-likeness (QED) is 0.0980.